The van der Waals surface area contributed by atoms with Gasteiger partial charge in [0.15, 0.2) is 0 Å². The maximum Gasteiger partial charge on any atom is 0.0420 e. The zero-order valence-electron chi connectivity index (χ0n) is 13.7. The number of aromatic nitrogens is 1. The van der Waals surface area contributed by atoms with Crippen molar-refractivity contribution in [3.05, 3.63) is 28.5 Å². The first-order valence-corrected chi connectivity index (χ1v) is 9.19. The molecule has 0 bridgehead atoms. The first kappa shape index (κ1) is 17.0. The van der Waals surface area contributed by atoms with Gasteiger partial charge in [-0.15, -0.1) is 0 Å². The van der Waals surface area contributed by atoms with Crippen molar-refractivity contribution in [2.24, 2.45) is 11.3 Å². The normalized spacial score (nSPS) is 19.1. The maximum absolute atomic E-state index is 4.60. The fraction of sp³-hybridized carbons (Fsp3) is 0.722. The predicted molar refractivity (Wildman–Crippen MR) is 93.5 cm³/mol. The Labute approximate surface area is 138 Å². The van der Waals surface area contributed by atoms with Crippen LogP contribution in [0.1, 0.15) is 58.6 Å². The number of pyridine rings is 1. The fourth-order valence-corrected chi connectivity index (χ4v) is 4.31. The van der Waals surface area contributed by atoms with Gasteiger partial charge in [0, 0.05) is 28.8 Å². The average molecular weight is 353 g/mol. The van der Waals surface area contributed by atoms with Gasteiger partial charge >= 0.3 is 0 Å². The van der Waals surface area contributed by atoms with E-state index in [-0.39, 0.29) is 0 Å². The summed E-state index contributed by atoms with van der Waals surface area (Å²) in [6, 6.07) is 4.82. The number of hydrogen-bond donors (Lipinski definition) is 1. The van der Waals surface area contributed by atoms with E-state index < -0.39 is 0 Å². The number of likely N-dealkylation sites (N-methyl/N-ethyl adjacent to an activating group) is 1. The van der Waals surface area contributed by atoms with Crippen LogP contribution in [0.4, 0.5) is 0 Å². The van der Waals surface area contributed by atoms with Gasteiger partial charge in [0.2, 0.25) is 0 Å². The van der Waals surface area contributed by atoms with Gasteiger partial charge in [0.25, 0.3) is 0 Å². The van der Waals surface area contributed by atoms with Crippen molar-refractivity contribution in [1.82, 2.24) is 10.3 Å². The van der Waals surface area contributed by atoms with Crippen LogP contribution in [0.25, 0.3) is 0 Å². The van der Waals surface area contributed by atoms with E-state index in [0.717, 1.165) is 23.4 Å². The lowest BCUT2D eigenvalue weighted by molar-refractivity contribution is 0.154. The molecular weight excluding hydrogens is 324 g/mol. The second kappa shape index (κ2) is 7.73. The molecule has 0 aromatic carbocycles. The lowest BCUT2D eigenvalue weighted by atomic mass is 9.71. The molecule has 0 saturated heterocycles. The SMILES string of the molecule is CCNC(Cc1ccc(Br)cn1)C1(CC(C)C)CCCC1. The number of nitrogens with zero attached hydrogens (tertiary/aromatic N) is 1. The first-order valence-electron chi connectivity index (χ1n) is 8.39. The molecule has 0 spiro atoms. The highest BCUT2D eigenvalue weighted by molar-refractivity contribution is 9.10. The smallest absolute Gasteiger partial charge is 0.0420 e. The maximum atomic E-state index is 4.60. The van der Waals surface area contributed by atoms with Crippen LogP contribution in [0.2, 0.25) is 0 Å². The zero-order chi connectivity index (χ0) is 15.3. The summed E-state index contributed by atoms with van der Waals surface area (Å²) in [6.45, 7) is 7.99. The topological polar surface area (TPSA) is 24.9 Å². The molecule has 1 fully saturated rings. The van der Waals surface area contributed by atoms with Crippen molar-refractivity contribution in [1.29, 1.82) is 0 Å². The molecule has 2 nitrogen and oxygen atoms in total. The Morgan fingerprint density at radius 2 is 2.00 bits per heavy atom. The van der Waals surface area contributed by atoms with Gasteiger partial charge in [-0.1, -0.05) is 33.6 Å². The summed E-state index contributed by atoms with van der Waals surface area (Å²) >= 11 is 3.47. The van der Waals surface area contributed by atoms with Crippen LogP contribution in [-0.4, -0.2) is 17.6 Å². The van der Waals surface area contributed by atoms with E-state index in [1.54, 1.807) is 0 Å². The molecule has 1 aliphatic carbocycles. The Hall–Kier alpha value is -0.410. The standard InChI is InChI=1S/C18H29BrN2/c1-4-20-17(11-16-8-7-15(19)13-21-16)18(12-14(2)3)9-5-6-10-18/h7-8,13-14,17,20H,4-6,9-12H2,1-3H3. The van der Waals surface area contributed by atoms with Crippen molar-refractivity contribution in [3.8, 4) is 0 Å². The molecule has 1 heterocycles. The third kappa shape index (κ3) is 4.53. The largest absolute Gasteiger partial charge is 0.313 e. The number of rotatable bonds is 7. The fourth-order valence-electron chi connectivity index (χ4n) is 4.07. The van der Waals surface area contributed by atoms with Gasteiger partial charge in [0.05, 0.1) is 0 Å². The highest BCUT2D eigenvalue weighted by atomic mass is 79.9. The van der Waals surface area contributed by atoms with Gasteiger partial charge in [0.1, 0.15) is 0 Å². The quantitative estimate of drug-likeness (QED) is 0.748. The number of halogens is 1. The Balaban J connectivity index is 2.17. The number of nitrogens with one attached hydrogen (secondary N) is 1. The van der Waals surface area contributed by atoms with Crippen LogP contribution in [0.5, 0.6) is 0 Å². The van der Waals surface area contributed by atoms with Gasteiger partial charge < -0.3 is 5.32 Å². The third-order valence-electron chi connectivity index (χ3n) is 4.81. The third-order valence-corrected chi connectivity index (χ3v) is 5.27. The molecule has 1 atom stereocenters. The minimum absolute atomic E-state index is 0.471. The van der Waals surface area contributed by atoms with E-state index in [4.69, 9.17) is 0 Å². The summed E-state index contributed by atoms with van der Waals surface area (Å²) in [5.74, 6) is 0.766. The lowest BCUT2D eigenvalue weighted by Gasteiger charge is -2.39. The highest BCUT2D eigenvalue weighted by Crippen LogP contribution is 2.46. The molecule has 1 aromatic heterocycles. The van der Waals surface area contributed by atoms with E-state index in [9.17, 15) is 0 Å². The zero-order valence-corrected chi connectivity index (χ0v) is 15.2. The van der Waals surface area contributed by atoms with E-state index in [1.807, 2.05) is 6.20 Å². The molecule has 1 N–H and O–H groups in total. The highest BCUT2D eigenvalue weighted by Gasteiger charge is 2.41. The van der Waals surface area contributed by atoms with Crippen molar-refractivity contribution in [2.45, 2.75) is 65.3 Å². The van der Waals surface area contributed by atoms with Crippen molar-refractivity contribution >= 4 is 15.9 Å². The molecule has 1 aliphatic rings. The first-order chi connectivity index (χ1) is 10.1. The molecule has 1 saturated carbocycles. The molecule has 0 amide bonds. The van der Waals surface area contributed by atoms with Gasteiger partial charge in [-0.2, -0.15) is 0 Å². The Morgan fingerprint density at radius 3 is 2.52 bits per heavy atom. The molecule has 2 rings (SSSR count). The van der Waals surface area contributed by atoms with Crippen LogP contribution < -0.4 is 5.32 Å². The van der Waals surface area contributed by atoms with Gasteiger partial charge in [-0.05, 0) is 65.2 Å². The van der Waals surface area contributed by atoms with E-state index in [1.165, 1.54) is 37.8 Å². The second-order valence-corrected chi connectivity index (χ2v) is 7.87. The van der Waals surface area contributed by atoms with Crippen LogP contribution in [-0.2, 0) is 6.42 Å². The molecule has 21 heavy (non-hydrogen) atoms. The Kier molecular flexibility index (Phi) is 6.24. The Morgan fingerprint density at radius 1 is 1.29 bits per heavy atom. The van der Waals surface area contributed by atoms with Crippen LogP contribution >= 0.6 is 15.9 Å². The predicted octanol–water partition coefficient (Wildman–Crippen LogP) is 4.97. The molecule has 3 heteroatoms. The minimum Gasteiger partial charge on any atom is -0.313 e. The van der Waals surface area contributed by atoms with E-state index >= 15 is 0 Å². The van der Waals surface area contributed by atoms with E-state index in [2.05, 4.69) is 59.1 Å². The minimum atomic E-state index is 0.471. The van der Waals surface area contributed by atoms with Gasteiger partial charge in [-0.25, -0.2) is 0 Å². The second-order valence-electron chi connectivity index (χ2n) is 6.95. The average Bonchev–Trinajstić information content (AvgIpc) is 2.89. The summed E-state index contributed by atoms with van der Waals surface area (Å²) in [4.78, 5) is 4.60. The molecule has 1 aromatic rings. The van der Waals surface area contributed by atoms with Crippen LogP contribution in [0.15, 0.2) is 22.8 Å². The van der Waals surface area contributed by atoms with E-state index in [0.29, 0.717) is 11.5 Å². The molecule has 1 unspecified atom stereocenters. The Bertz CT molecular complexity index is 421. The van der Waals surface area contributed by atoms with Crippen LogP contribution in [0, 0.1) is 11.3 Å². The summed E-state index contributed by atoms with van der Waals surface area (Å²) < 4.78 is 1.06. The summed E-state index contributed by atoms with van der Waals surface area (Å²) in [5, 5.41) is 3.78. The lowest BCUT2D eigenvalue weighted by Crippen LogP contribution is -2.46. The monoisotopic (exact) mass is 352 g/mol. The van der Waals surface area contributed by atoms with Gasteiger partial charge in [-0.3, -0.25) is 4.98 Å². The van der Waals surface area contributed by atoms with Crippen molar-refractivity contribution in [3.63, 3.8) is 0 Å². The molecule has 0 aliphatic heterocycles. The van der Waals surface area contributed by atoms with Crippen molar-refractivity contribution < 1.29 is 0 Å². The van der Waals surface area contributed by atoms with Crippen LogP contribution in [0.3, 0.4) is 0 Å². The molecule has 118 valence electrons. The summed E-state index contributed by atoms with van der Waals surface area (Å²) in [6.07, 6.45) is 9.83. The molecular formula is C18H29BrN2. The molecule has 0 radical (unpaired) electrons. The summed E-state index contributed by atoms with van der Waals surface area (Å²) in [5.41, 5.74) is 1.68. The van der Waals surface area contributed by atoms with Crippen molar-refractivity contribution in [2.75, 3.05) is 6.54 Å². The number of hydrogen-bond acceptors (Lipinski definition) is 2. The summed E-state index contributed by atoms with van der Waals surface area (Å²) in [7, 11) is 0.